The van der Waals surface area contributed by atoms with Crippen molar-refractivity contribution in [3.05, 3.63) is 94.8 Å². The monoisotopic (exact) mass is 413 g/mol. The van der Waals surface area contributed by atoms with Gasteiger partial charge in [-0.25, -0.2) is 8.78 Å². The first-order valence-electron chi connectivity index (χ1n) is 9.72. The van der Waals surface area contributed by atoms with E-state index in [2.05, 4.69) is 15.2 Å². The SMILES string of the molecule is Fc1cc(Cl)ccc1C(NC1CCN(c2ccccc2F)CC1)c1cccnc1. The van der Waals surface area contributed by atoms with Crippen molar-refractivity contribution in [1.29, 1.82) is 0 Å². The van der Waals surface area contributed by atoms with Gasteiger partial charge in [0.25, 0.3) is 0 Å². The lowest BCUT2D eigenvalue weighted by molar-refractivity contribution is 0.384. The zero-order chi connectivity index (χ0) is 20.2. The summed E-state index contributed by atoms with van der Waals surface area (Å²) < 4.78 is 28.8. The maximum atomic E-state index is 14.7. The molecule has 1 aliphatic rings. The first kappa shape index (κ1) is 19.8. The average Bonchev–Trinajstić information content (AvgIpc) is 2.74. The minimum absolute atomic E-state index is 0.179. The Bertz CT molecular complexity index is 959. The highest BCUT2D eigenvalue weighted by molar-refractivity contribution is 6.30. The van der Waals surface area contributed by atoms with Gasteiger partial charge < -0.3 is 10.2 Å². The fourth-order valence-electron chi connectivity index (χ4n) is 3.88. The summed E-state index contributed by atoms with van der Waals surface area (Å²) in [5.41, 5.74) is 2.07. The van der Waals surface area contributed by atoms with Crippen LogP contribution in [0.3, 0.4) is 0 Å². The Kier molecular flexibility index (Phi) is 6.07. The second kappa shape index (κ2) is 8.89. The molecule has 1 N–H and O–H groups in total. The average molecular weight is 414 g/mol. The molecule has 1 unspecified atom stereocenters. The number of nitrogens with one attached hydrogen (secondary N) is 1. The molecule has 2 heterocycles. The topological polar surface area (TPSA) is 28.2 Å². The molecule has 1 atom stereocenters. The summed E-state index contributed by atoms with van der Waals surface area (Å²) in [6, 6.07) is 15.2. The Labute approximate surface area is 174 Å². The summed E-state index contributed by atoms with van der Waals surface area (Å²) in [7, 11) is 0. The predicted octanol–water partition coefficient (Wildman–Crippen LogP) is 5.36. The summed E-state index contributed by atoms with van der Waals surface area (Å²) >= 11 is 5.94. The van der Waals surface area contributed by atoms with Gasteiger partial charge in [-0.3, -0.25) is 4.98 Å². The minimum atomic E-state index is -0.345. The van der Waals surface area contributed by atoms with Crippen LogP contribution in [0.2, 0.25) is 5.02 Å². The van der Waals surface area contributed by atoms with Crippen LogP contribution in [0, 0.1) is 11.6 Å². The molecule has 6 heteroatoms. The van der Waals surface area contributed by atoms with Gasteiger partial charge >= 0.3 is 0 Å². The molecule has 0 amide bonds. The van der Waals surface area contributed by atoms with Crippen LogP contribution in [0.15, 0.2) is 67.0 Å². The van der Waals surface area contributed by atoms with E-state index in [9.17, 15) is 8.78 Å². The van der Waals surface area contributed by atoms with E-state index in [1.165, 1.54) is 12.1 Å². The van der Waals surface area contributed by atoms with Gasteiger partial charge in [-0.2, -0.15) is 0 Å². The number of pyridine rings is 1. The molecule has 0 aliphatic carbocycles. The number of benzene rings is 2. The van der Waals surface area contributed by atoms with E-state index in [-0.39, 0.29) is 23.7 Å². The fraction of sp³-hybridized carbons (Fsp3) is 0.261. The second-order valence-electron chi connectivity index (χ2n) is 7.26. The highest BCUT2D eigenvalue weighted by Gasteiger charge is 2.26. The molecule has 2 aromatic carbocycles. The number of aromatic nitrogens is 1. The number of hydrogen-bond acceptors (Lipinski definition) is 3. The van der Waals surface area contributed by atoms with Gasteiger partial charge in [0, 0.05) is 42.1 Å². The summed E-state index contributed by atoms with van der Waals surface area (Å²) in [5, 5.41) is 3.96. The van der Waals surface area contributed by atoms with Crippen molar-refractivity contribution in [3.8, 4) is 0 Å². The number of halogens is 3. The molecule has 0 saturated carbocycles. The largest absolute Gasteiger partial charge is 0.369 e. The molecule has 0 bridgehead atoms. The molecular weight excluding hydrogens is 392 g/mol. The van der Waals surface area contributed by atoms with Crippen LogP contribution in [-0.4, -0.2) is 24.1 Å². The number of rotatable bonds is 5. The van der Waals surface area contributed by atoms with Crippen molar-refractivity contribution < 1.29 is 8.78 Å². The van der Waals surface area contributed by atoms with Crippen molar-refractivity contribution in [2.45, 2.75) is 24.9 Å². The molecule has 1 aliphatic heterocycles. The highest BCUT2D eigenvalue weighted by atomic mass is 35.5. The molecule has 0 radical (unpaired) electrons. The molecule has 1 saturated heterocycles. The summed E-state index contributed by atoms with van der Waals surface area (Å²) in [4.78, 5) is 6.26. The van der Waals surface area contributed by atoms with E-state index in [0.717, 1.165) is 31.5 Å². The van der Waals surface area contributed by atoms with Crippen molar-refractivity contribution in [3.63, 3.8) is 0 Å². The predicted molar refractivity (Wildman–Crippen MR) is 112 cm³/mol. The highest BCUT2D eigenvalue weighted by Crippen LogP contribution is 2.29. The third-order valence-electron chi connectivity index (χ3n) is 5.38. The van der Waals surface area contributed by atoms with Crippen molar-refractivity contribution in [2.75, 3.05) is 18.0 Å². The Hall–Kier alpha value is -2.50. The molecule has 0 spiro atoms. The van der Waals surface area contributed by atoms with E-state index in [0.29, 0.717) is 16.3 Å². The molecule has 1 fully saturated rings. The maximum Gasteiger partial charge on any atom is 0.146 e. The summed E-state index contributed by atoms with van der Waals surface area (Å²) in [6.45, 7) is 1.48. The standard InChI is InChI=1S/C23H22ClF2N3/c24-17-7-8-19(21(26)14-17)23(16-4-3-11-27-15-16)28-18-9-12-29(13-10-18)22-6-2-1-5-20(22)25/h1-8,11,14-15,18,23,28H,9-10,12-13H2. The lowest BCUT2D eigenvalue weighted by atomic mass is 9.96. The first-order chi connectivity index (χ1) is 14.1. The fourth-order valence-corrected chi connectivity index (χ4v) is 4.04. The zero-order valence-electron chi connectivity index (χ0n) is 15.9. The molecule has 4 rings (SSSR count). The Morgan fingerprint density at radius 3 is 2.48 bits per heavy atom. The number of nitrogens with zero attached hydrogens (tertiary/aromatic N) is 2. The van der Waals surface area contributed by atoms with E-state index < -0.39 is 0 Å². The summed E-state index contributed by atoms with van der Waals surface area (Å²) in [6.07, 6.45) is 5.12. The van der Waals surface area contributed by atoms with Crippen LogP contribution in [0.1, 0.15) is 30.0 Å². The third-order valence-corrected chi connectivity index (χ3v) is 5.62. The maximum absolute atomic E-state index is 14.7. The van der Waals surface area contributed by atoms with Crippen molar-refractivity contribution in [1.82, 2.24) is 10.3 Å². The lowest BCUT2D eigenvalue weighted by Gasteiger charge is -2.36. The Morgan fingerprint density at radius 1 is 1.00 bits per heavy atom. The minimum Gasteiger partial charge on any atom is -0.369 e. The van der Waals surface area contributed by atoms with E-state index in [1.807, 2.05) is 24.3 Å². The van der Waals surface area contributed by atoms with E-state index in [4.69, 9.17) is 11.6 Å². The van der Waals surface area contributed by atoms with Crippen LogP contribution in [0.4, 0.5) is 14.5 Å². The number of hydrogen-bond donors (Lipinski definition) is 1. The van der Waals surface area contributed by atoms with Crippen LogP contribution in [0.5, 0.6) is 0 Å². The Morgan fingerprint density at radius 2 is 1.79 bits per heavy atom. The molecule has 3 nitrogen and oxygen atoms in total. The van der Waals surface area contributed by atoms with Crippen LogP contribution >= 0.6 is 11.6 Å². The molecule has 29 heavy (non-hydrogen) atoms. The van der Waals surface area contributed by atoms with Crippen molar-refractivity contribution in [2.24, 2.45) is 0 Å². The quantitative estimate of drug-likeness (QED) is 0.610. The molecular formula is C23H22ClF2N3. The van der Waals surface area contributed by atoms with Crippen LogP contribution in [0.25, 0.3) is 0 Å². The van der Waals surface area contributed by atoms with E-state index in [1.54, 1.807) is 30.6 Å². The number of piperidine rings is 1. The number of anilines is 1. The van der Waals surface area contributed by atoms with Gasteiger partial charge in [-0.15, -0.1) is 0 Å². The van der Waals surface area contributed by atoms with Crippen molar-refractivity contribution >= 4 is 17.3 Å². The first-order valence-corrected chi connectivity index (χ1v) is 10.1. The van der Waals surface area contributed by atoms with Gasteiger partial charge in [-0.1, -0.05) is 35.9 Å². The van der Waals surface area contributed by atoms with Gasteiger partial charge in [-0.05, 0) is 48.7 Å². The van der Waals surface area contributed by atoms with E-state index >= 15 is 0 Å². The van der Waals surface area contributed by atoms with Crippen LogP contribution < -0.4 is 10.2 Å². The molecule has 150 valence electrons. The molecule has 1 aromatic heterocycles. The van der Waals surface area contributed by atoms with Gasteiger partial charge in [0.05, 0.1) is 11.7 Å². The smallest absolute Gasteiger partial charge is 0.146 e. The third kappa shape index (κ3) is 4.57. The zero-order valence-corrected chi connectivity index (χ0v) is 16.6. The summed E-state index contributed by atoms with van der Waals surface area (Å²) in [5.74, 6) is -0.543. The van der Waals surface area contributed by atoms with Crippen LogP contribution in [-0.2, 0) is 0 Å². The normalized spacial score (nSPS) is 16.0. The van der Waals surface area contributed by atoms with Gasteiger partial charge in [0.15, 0.2) is 0 Å². The lowest BCUT2D eigenvalue weighted by Crippen LogP contribution is -2.44. The second-order valence-corrected chi connectivity index (χ2v) is 7.70. The number of para-hydroxylation sites is 1. The molecule has 3 aromatic rings. The Balaban J connectivity index is 1.51. The van der Waals surface area contributed by atoms with Gasteiger partial charge in [0.1, 0.15) is 11.6 Å². The van der Waals surface area contributed by atoms with Gasteiger partial charge in [0.2, 0.25) is 0 Å².